The molecule has 25 heavy (non-hydrogen) atoms. The molecule has 0 spiro atoms. The maximum Gasteiger partial charge on any atom is 0.282 e. The van der Waals surface area contributed by atoms with Gasteiger partial charge in [0.15, 0.2) is 0 Å². The van der Waals surface area contributed by atoms with Crippen molar-refractivity contribution in [2.75, 3.05) is 13.7 Å². The van der Waals surface area contributed by atoms with Crippen LogP contribution in [-0.4, -0.2) is 29.1 Å². The Labute approximate surface area is 143 Å². The van der Waals surface area contributed by atoms with Crippen LogP contribution in [0.15, 0.2) is 35.1 Å². The first-order chi connectivity index (χ1) is 12.1. The summed E-state index contributed by atoms with van der Waals surface area (Å²) in [4.78, 5) is 29.2. The fourth-order valence-electron chi connectivity index (χ4n) is 2.60. The molecule has 0 aliphatic carbocycles. The molecule has 1 aliphatic rings. The van der Waals surface area contributed by atoms with Gasteiger partial charge in [-0.3, -0.25) is 19.6 Å². The Morgan fingerprint density at radius 2 is 2.00 bits per heavy atom. The lowest BCUT2D eigenvalue weighted by molar-refractivity contribution is -0.117. The summed E-state index contributed by atoms with van der Waals surface area (Å²) >= 11 is 0. The predicted molar refractivity (Wildman–Crippen MR) is 90.4 cm³/mol. The minimum absolute atomic E-state index is 0.122. The van der Waals surface area contributed by atoms with Crippen LogP contribution in [0.1, 0.15) is 11.4 Å². The molecular weight excluding hydrogens is 322 g/mol. The van der Waals surface area contributed by atoms with Crippen molar-refractivity contribution in [1.29, 1.82) is 5.26 Å². The van der Waals surface area contributed by atoms with Crippen molar-refractivity contribution in [2.45, 2.75) is 6.92 Å². The predicted octanol–water partition coefficient (Wildman–Crippen LogP) is 0.574. The standard InChI is InChI=1S/C17H15N5O3/c1-10-20-15(11-3-5-12(25-2)6-4-11)13(9-18)17(24)22(10)14-7-8-19-21-16(14)23/h3-7,19H,8H2,1-2H3,(H,21,23). The third kappa shape index (κ3) is 2.88. The van der Waals surface area contributed by atoms with Gasteiger partial charge >= 0.3 is 0 Å². The summed E-state index contributed by atoms with van der Waals surface area (Å²) in [7, 11) is 1.55. The van der Waals surface area contributed by atoms with Crippen LogP contribution in [0.3, 0.4) is 0 Å². The summed E-state index contributed by atoms with van der Waals surface area (Å²) < 4.78 is 6.26. The Balaban J connectivity index is 2.20. The van der Waals surface area contributed by atoms with E-state index in [1.807, 2.05) is 6.07 Å². The van der Waals surface area contributed by atoms with Crippen molar-refractivity contribution in [3.63, 3.8) is 0 Å². The van der Waals surface area contributed by atoms with Crippen molar-refractivity contribution in [3.05, 3.63) is 52.1 Å². The van der Waals surface area contributed by atoms with E-state index in [4.69, 9.17) is 4.74 Å². The zero-order valence-electron chi connectivity index (χ0n) is 13.7. The van der Waals surface area contributed by atoms with Crippen LogP contribution in [0.25, 0.3) is 17.0 Å². The molecular formula is C17H15N5O3. The Bertz CT molecular complexity index is 968. The van der Waals surface area contributed by atoms with E-state index in [0.717, 1.165) is 4.57 Å². The van der Waals surface area contributed by atoms with E-state index < -0.39 is 11.5 Å². The molecule has 0 saturated carbocycles. The highest BCUT2D eigenvalue weighted by molar-refractivity contribution is 6.14. The van der Waals surface area contributed by atoms with Gasteiger partial charge in [0, 0.05) is 12.1 Å². The summed E-state index contributed by atoms with van der Waals surface area (Å²) in [5.74, 6) is 0.515. The molecule has 1 aliphatic heterocycles. The molecule has 1 amide bonds. The van der Waals surface area contributed by atoms with Crippen LogP contribution >= 0.6 is 0 Å². The minimum Gasteiger partial charge on any atom is -0.497 e. The second-order valence-corrected chi connectivity index (χ2v) is 5.29. The normalized spacial score (nSPS) is 13.6. The molecule has 2 heterocycles. The van der Waals surface area contributed by atoms with Gasteiger partial charge < -0.3 is 4.74 Å². The van der Waals surface area contributed by atoms with E-state index in [0.29, 0.717) is 23.7 Å². The largest absolute Gasteiger partial charge is 0.497 e. The zero-order valence-corrected chi connectivity index (χ0v) is 13.7. The summed E-state index contributed by atoms with van der Waals surface area (Å²) in [6.07, 6.45) is 1.57. The first-order valence-electron chi connectivity index (χ1n) is 7.48. The van der Waals surface area contributed by atoms with Gasteiger partial charge in [0.2, 0.25) is 0 Å². The number of hydrogen-bond donors (Lipinski definition) is 2. The van der Waals surface area contributed by atoms with Gasteiger partial charge in [-0.1, -0.05) is 0 Å². The Hall–Kier alpha value is -3.44. The second kappa shape index (κ2) is 6.59. The molecule has 8 nitrogen and oxygen atoms in total. The van der Waals surface area contributed by atoms with Gasteiger partial charge in [0.25, 0.3) is 11.5 Å². The SMILES string of the molecule is COc1ccc(-c2nc(C)n(C3=CCNNC3=O)c(=O)c2C#N)cc1. The van der Waals surface area contributed by atoms with Gasteiger partial charge in [0.05, 0.1) is 12.8 Å². The number of methoxy groups -OCH3 is 1. The van der Waals surface area contributed by atoms with Gasteiger partial charge in [-0.05, 0) is 37.3 Å². The Morgan fingerprint density at radius 3 is 2.60 bits per heavy atom. The molecule has 1 aromatic carbocycles. The summed E-state index contributed by atoms with van der Waals surface area (Å²) in [6.45, 7) is 1.99. The van der Waals surface area contributed by atoms with E-state index in [-0.39, 0.29) is 17.0 Å². The van der Waals surface area contributed by atoms with Crippen LogP contribution in [0.4, 0.5) is 0 Å². The maximum absolute atomic E-state index is 12.8. The lowest BCUT2D eigenvalue weighted by atomic mass is 10.1. The number of amides is 1. The van der Waals surface area contributed by atoms with Gasteiger partial charge in [-0.15, -0.1) is 0 Å². The molecule has 1 aromatic heterocycles. The highest BCUT2D eigenvalue weighted by Crippen LogP contribution is 2.23. The van der Waals surface area contributed by atoms with Crippen molar-refractivity contribution in [2.24, 2.45) is 0 Å². The Kier molecular flexibility index (Phi) is 4.33. The number of ether oxygens (including phenoxy) is 1. The summed E-state index contributed by atoms with van der Waals surface area (Å²) in [5, 5.41) is 9.48. The number of nitrogens with one attached hydrogen (secondary N) is 2. The number of nitriles is 1. The van der Waals surface area contributed by atoms with Crippen LogP contribution in [0, 0.1) is 18.3 Å². The molecule has 0 radical (unpaired) electrons. The molecule has 8 heteroatoms. The molecule has 0 fully saturated rings. The number of aromatic nitrogens is 2. The van der Waals surface area contributed by atoms with Crippen molar-refractivity contribution >= 4 is 11.6 Å². The highest BCUT2D eigenvalue weighted by Gasteiger charge is 2.22. The fourth-order valence-corrected chi connectivity index (χ4v) is 2.60. The van der Waals surface area contributed by atoms with Gasteiger partial charge in [0.1, 0.15) is 28.9 Å². The van der Waals surface area contributed by atoms with E-state index in [1.54, 1.807) is 44.4 Å². The average Bonchev–Trinajstić information content (AvgIpc) is 2.63. The number of benzene rings is 1. The number of carbonyl (C=O) groups is 1. The lowest BCUT2D eigenvalue weighted by Crippen LogP contribution is -2.45. The number of aryl methyl sites for hydroxylation is 1. The lowest BCUT2D eigenvalue weighted by Gasteiger charge is -2.18. The molecule has 0 saturated heterocycles. The zero-order chi connectivity index (χ0) is 18.0. The van der Waals surface area contributed by atoms with E-state index >= 15 is 0 Å². The first kappa shape index (κ1) is 16.4. The van der Waals surface area contributed by atoms with Gasteiger partial charge in [-0.25, -0.2) is 10.4 Å². The molecule has 126 valence electrons. The van der Waals surface area contributed by atoms with E-state index in [9.17, 15) is 14.9 Å². The number of hydrazine groups is 1. The van der Waals surface area contributed by atoms with Gasteiger partial charge in [-0.2, -0.15) is 5.26 Å². The Morgan fingerprint density at radius 1 is 1.28 bits per heavy atom. The minimum atomic E-state index is -0.580. The second-order valence-electron chi connectivity index (χ2n) is 5.29. The third-order valence-electron chi connectivity index (χ3n) is 3.80. The number of carbonyl (C=O) groups excluding carboxylic acids is 1. The molecule has 0 atom stereocenters. The smallest absolute Gasteiger partial charge is 0.282 e. The molecule has 3 rings (SSSR count). The van der Waals surface area contributed by atoms with Crippen LogP contribution < -0.4 is 21.1 Å². The molecule has 2 aromatic rings. The van der Waals surface area contributed by atoms with E-state index in [1.165, 1.54) is 0 Å². The fraction of sp³-hybridized carbons (Fsp3) is 0.176. The topological polar surface area (TPSA) is 109 Å². The summed E-state index contributed by atoms with van der Waals surface area (Å²) in [5.41, 5.74) is 5.44. The number of hydrogen-bond acceptors (Lipinski definition) is 6. The van der Waals surface area contributed by atoms with Crippen molar-refractivity contribution < 1.29 is 9.53 Å². The quantitative estimate of drug-likeness (QED) is 0.848. The van der Waals surface area contributed by atoms with Crippen molar-refractivity contribution in [3.8, 4) is 23.1 Å². The third-order valence-corrected chi connectivity index (χ3v) is 3.80. The van der Waals surface area contributed by atoms with Crippen LogP contribution in [-0.2, 0) is 4.79 Å². The maximum atomic E-state index is 12.8. The average molecular weight is 337 g/mol. The molecule has 2 N–H and O–H groups in total. The molecule has 0 unspecified atom stereocenters. The molecule has 0 bridgehead atoms. The number of nitrogens with zero attached hydrogens (tertiary/aromatic N) is 3. The monoisotopic (exact) mass is 337 g/mol. The first-order valence-corrected chi connectivity index (χ1v) is 7.48. The van der Waals surface area contributed by atoms with Crippen LogP contribution in [0.2, 0.25) is 0 Å². The van der Waals surface area contributed by atoms with Crippen molar-refractivity contribution in [1.82, 2.24) is 20.4 Å². The summed E-state index contributed by atoms with van der Waals surface area (Å²) in [6, 6.07) is 8.81. The van der Waals surface area contributed by atoms with E-state index in [2.05, 4.69) is 15.8 Å². The van der Waals surface area contributed by atoms with Crippen LogP contribution in [0.5, 0.6) is 5.75 Å². The highest BCUT2D eigenvalue weighted by atomic mass is 16.5. The number of rotatable bonds is 3.